The van der Waals surface area contributed by atoms with Crippen LogP contribution in [0.1, 0.15) is 0 Å². The van der Waals surface area contributed by atoms with E-state index in [4.69, 9.17) is 5.73 Å². The van der Waals surface area contributed by atoms with Crippen molar-refractivity contribution < 1.29 is 4.79 Å². The third-order valence-electron chi connectivity index (χ3n) is 2.31. The maximum atomic E-state index is 11.8. The van der Waals surface area contributed by atoms with Crippen LogP contribution in [0.25, 0.3) is 0 Å². The lowest BCUT2D eigenvalue weighted by molar-refractivity contribution is -0.117. The molecule has 98 valence electrons. The number of nitrogens with one attached hydrogen (secondary N) is 1. The first-order valence-corrected chi connectivity index (χ1v) is 6.22. The van der Waals surface area contributed by atoms with Crippen molar-refractivity contribution in [1.82, 2.24) is 9.78 Å². The molecule has 2 aromatic rings. The van der Waals surface area contributed by atoms with E-state index in [2.05, 4.69) is 26.3 Å². The summed E-state index contributed by atoms with van der Waals surface area (Å²) in [7, 11) is 0. The molecule has 0 fully saturated rings. The van der Waals surface area contributed by atoms with Gasteiger partial charge < -0.3 is 11.1 Å². The fourth-order valence-electron chi connectivity index (χ4n) is 1.44. The summed E-state index contributed by atoms with van der Waals surface area (Å²) in [6.45, 7) is -0.158. The standard InChI is InChI=1S/C12H11BrN4O2/c13-8-1-3-10(4-2-8)16-11(18)7-17-12(19)5-9(14)6-15-17/h1-6H,7,14H2,(H,16,18). The minimum absolute atomic E-state index is 0.158. The van der Waals surface area contributed by atoms with Gasteiger partial charge in [-0.1, -0.05) is 15.9 Å². The fourth-order valence-corrected chi connectivity index (χ4v) is 1.70. The number of nitrogens with zero attached hydrogens (tertiary/aromatic N) is 2. The number of halogens is 1. The highest BCUT2D eigenvalue weighted by molar-refractivity contribution is 9.10. The van der Waals surface area contributed by atoms with Gasteiger partial charge in [-0.3, -0.25) is 9.59 Å². The van der Waals surface area contributed by atoms with E-state index in [-0.39, 0.29) is 18.1 Å². The zero-order valence-electron chi connectivity index (χ0n) is 9.84. The van der Waals surface area contributed by atoms with Gasteiger partial charge in [-0.25, -0.2) is 4.68 Å². The molecule has 0 aliphatic rings. The van der Waals surface area contributed by atoms with Crippen molar-refractivity contribution in [2.24, 2.45) is 0 Å². The summed E-state index contributed by atoms with van der Waals surface area (Å²) in [6, 6.07) is 8.34. The van der Waals surface area contributed by atoms with E-state index in [1.807, 2.05) is 12.1 Å². The number of nitrogen functional groups attached to an aromatic ring is 1. The number of aromatic nitrogens is 2. The molecule has 7 heteroatoms. The van der Waals surface area contributed by atoms with Crippen LogP contribution in [-0.4, -0.2) is 15.7 Å². The second kappa shape index (κ2) is 5.66. The largest absolute Gasteiger partial charge is 0.397 e. The molecule has 1 heterocycles. The molecule has 0 atom stereocenters. The normalized spacial score (nSPS) is 10.2. The highest BCUT2D eigenvalue weighted by atomic mass is 79.9. The van der Waals surface area contributed by atoms with Crippen LogP contribution in [0, 0.1) is 0 Å². The number of carbonyl (C=O) groups excluding carboxylic acids is 1. The van der Waals surface area contributed by atoms with Gasteiger partial charge in [0, 0.05) is 16.2 Å². The quantitative estimate of drug-likeness (QED) is 0.889. The van der Waals surface area contributed by atoms with Crippen LogP contribution < -0.4 is 16.6 Å². The first kappa shape index (κ1) is 13.3. The molecule has 0 spiro atoms. The molecular formula is C12H11BrN4O2. The van der Waals surface area contributed by atoms with E-state index in [1.165, 1.54) is 12.3 Å². The Hall–Kier alpha value is -2.15. The minimum Gasteiger partial charge on any atom is -0.397 e. The average molecular weight is 323 g/mol. The number of amides is 1. The van der Waals surface area contributed by atoms with Crippen LogP contribution in [-0.2, 0) is 11.3 Å². The molecule has 19 heavy (non-hydrogen) atoms. The van der Waals surface area contributed by atoms with Crippen LogP contribution in [0.5, 0.6) is 0 Å². The molecule has 6 nitrogen and oxygen atoms in total. The summed E-state index contributed by atoms with van der Waals surface area (Å²) in [5.41, 5.74) is 5.93. The van der Waals surface area contributed by atoms with Crippen LogP contribution in [0.15, 0.2) is 45.8 Å². The third-order valence-corrected chi connectivity index (χ3v) is 2.84. The van der Waals surface area contributed by atoms with Crippen molar-refractivity contribution in [1.29, 1.82) is 0 Å². The van der Waals surface area contributed by atoms with Crippen LogP contribution in [0.2, 0.25) is 0 Å². The van der Waals surface area contributed by atoms with Crippen molar-refractivity contribution in [3.8, 4) is 0 Å². The van der Waals surface area contributed by atoms with Gasteiger partial charge >= 0.3 is 0 Å². The van der Waals surface area contributed by atoms with Crippen molar-refractivity contribution in [3.05, 3.63) is 51.4 Å². The van der Waals surface area contributed by atoms with E-state index in [9.17, 15) is 9.59 Å². The molecule has 0 radical (unpaired) electrons. The van der Waals surface area contributed by atoms with E-state index in [1.54, 1.807) is 12.1 Å². The molecule has 0 unspecified atom stereocenters. The predicted octanol–water partition coefficient (Wildman–Crippen LogP) is 1.23. The Labute approximate surface area is 117 Å². The summed E-state index contributed by atoms with van der Waals surface area (Å²) >= 11 is 3.30. The zero-order valence-corrected chi connectivity index (χ0v) is 11.4. The fraction of sp³-hybridized carbons (Fsp3) is 0.0833. The molecule has 1 aromatic carbocycles. The number of hydrogen-bond donors (Lipinski definition) is 2. The summed E-state index contributed by atoms with van der Waals surface area (Å²) < 4.78 is 1.96. The van der Waals surface area contributed by atoms with Gasteiger partial charge in [0.25, 0.3) is 5.56 Å². The number of carbonyl (C=O) groups is 1. The Morgan fingerprint density at radius 1 is 1.37 bits per heavy atom. The number of rotatable bonds is 3. The number of nitrogens with two attached hydrogens (primary N) is 1. The molecule has 3 N–H and O–H groups in total. The van der Waals surface area contributed by atoms with Gasteiger partial charge in [-0.15, -0.1) is 0 Å². The van der Waals surface area contributed by atoms with E-state index in [0.717, 1.165) is 9.15 Å². The molecule has 0 aliphatic heterocycles. The first-order valence-electron chi connectivity index (χ1n) is 5.42. The Bertz CT molecular complexity index is 652. The van der Waals surface area contributed by atoms with Crippen molar-refractivity contribution in [2.75, 3.05) is 11.1 Å². The highest BCUT2D eigenvalue weighted by Crippen LogP contribution is 2.13. The molecule has 0 aliphatic carbocycles. The molecule has 1 aromatic heterocycles. The average Bonchev–Trinajstić information content (AvgIpc) is 2.36. The van der Waals surface area contributed by atoms with Crippen molar-refractivity contribution in [3.63, 3.8) is 0 Å². The molecule has 2 rings (SSSR count). The topological polar surface area (TPSA) is 90.0 Å². The predicted molar refractivity (Wildman–Crippen MR) is 75.7 cm³/mol. The highest BCUT2D eigenvalue weighted by Gasteiger charge is 2.06. The SMILES string of the molecule is Nc1cnn(CC(=O)Nc2ccc(Br)cc2)c(=O)c1. The monoisotopic (exact) mass is 322 g/mol. The second-order valence-corrected chi connectivity index (χ2v) is 4.76. The molecule has 1 amide bonds. The zero-order chi connectivity index (χ0) is 13.8. The van der Waals surface area contributed by atoms with Gasteiger partial charge in [0.05, 0.1) is 11.9 Å². The van der Waals surface area contributed by atoms with Gasteiger partial charge in [0.15, 0.2) is 0 Å². The van der Waals surface area contributed by atoms with E-state index >= 15 is 0 Å². The minimum atomic E-state index is -0.411. The van der Waals surface area contributed by atoms with E-state index < -0.39 is 5.56 Å². The van der Waals surface area contributed by atoms with Gasteiger partial charge in [-0.2, -0.15) is 5.10 Å². The Morgan fingerprint density at radius 3 is 2.68 bits per heavy atom. The summed E-state index contributed by atoms with van der Waals surface area (Å²) in [6.07, 6.45) is 1.33. The summed E-state index contributed by atoms with van der Waals surface area (Å²) in [5.74, 6) is -0.332. The molecular weight excluding hydrogens is 312 g/mol. The van der Waals surface area contributed by atoms with Crippen molar-refractivity contribution in [2.45, 2.75) is 6.54 Å². The van der Waals surface area contributed by atoms with Gasteiger partial charge in [-0.05, 0) is 24.3 Å². The Kier molecular flexibility index (Phi) is 3.96. The third kappa shape index (κ3) is 3.65. The number of anilines is 2. The Balaban J connectivity index is 2.05. The lowest BCUT2D eigenvalue weighted by Gasteiger charge is -2.06. The lowest BCUT2D eigenvalue weighted by atomic mass is 10.3. The van der Waals surface area contributed by atoms with E-state index in [0.29, 0.717) is 5.69 Å². The molecule has 0 saturated carbocycles. The lowest BCUT2D eigenvalue weighted by Crippen LogP contribution is -2.29. The second-order valence-electron chi connectivity index (χ2n) is 3.84. The maximum Gasteiger partial charge on any atom is 0.269 e. The molecule has 0 saturated heterocycles. The van der Waals surface area contributed by atoms with Crippen LogP contribution in [0.3, 0.4) is 0 Å². The summed E-state index contributed by atoms with van der Waals surface area (Å²) in [4.78, 5) is 23.3. The molecule has 0 bridgehead atoms. The smallest absolute Gasteiger partial charge is 0.269 e. The summed E-state index contributed by atoms with van der Waals surface area (Å²) in [5, 5.41) is 6.45. The van der Waals surface area contributed by atoms with Gasteiger partial charge in [0.1, 0.15) is 6.54 Å². The first-order chi connectivity index (χ1) is 9.04. The van der Waals surface area contributed by atoms with Crippen molar-refractivity contribution >= 4 is 33.2 Å². The Morgan fingerprint density at radius 2 is 2.05 bits per heavy atom. The van der Waals surface area contributed by atoms with Crippen LogP contribution in [0.4, 0.5) is 11.4 Å². The number of benzene rings is 1. The van der Waals surface area contributed by atoms with Gasteiger partial charge in [0.2, 0.25) is 5.91 Å². The maximum absolute atomic E-state index is 11.8. The number of hydrogen-bond acceptors (Lipinski definition) is 4. The van der Waals surface area contributed by atoms with Crippen LogP contribution >= 0.6 is 15.9 Å².